The predicted molar refractivity (Wildman–Crippen MR) is 246 cm³/mol. The quantitative estimate of drug-likeness (QED) is 0.176. The minimum absolute atomic E-state index is 0.193. The molecule has 12 rings (SSSR count). The van der Waals surface area contributed by atoms with Crippen LogP contribution in [0.2, 0.25) is 0 Å². The van der Waals surface area contributed by atoms with Gasteiger partial charge in [0, 0.05) is 16.0 Å². The van der Waals surface area contributed by atoms with Gasteiger partial charge in [0.15, 0.2) is 0 Å². The van der Waals surface area contributed by atoms with Crippen molar-refractivity contribution < 1.29 is 0 Å². The number of anilines is 1. The van der Waals surface area contributed by atoms with Gasteiger partial charge >= 0.3 is 0 Å². The zero-order valence-corrected chi connectivity index (χ0v) is 32.5. The van der Waals surface area contributed by atoms with Crippen molar-refractivity contribution in [3.05, 3.63) is 240 Å². The van der Waals surface area contributed by atoms with Crippen LogP contribution in [-0.4, -0.2) is 0 Å². The van der Waals surface area contributed by atoms with Crippen LogP contribution in [0.5, 0.6) is 0 Å². The standard InChI is InChI=1S/C56H37NS/c1-4-13-38(14-5-1)55-57-52-30-28-37-25-23-36-24-26-43(32-48(36)53(37)54(52)58-55)39-17-12-18-40(31-39)44-27-29-47-49-33-41-15-10-11-16-42(41)34-51(49)56(50(47)35-44,45-19-6-2-7-20-45)46-21-8-3-9-22-46/h1-35,55,57H. The molecule has 1 N–H and O–H groups in total. The van der Waals surface area contributed by atoms with E-state index in [0.717, 1.165) is 0 Å². The Morgan fingerprint density at radius 2 is 0.966 bits per heavy atom. The SMILES string of the molecule is c1ccc(C2Nc3ccc4ccc5ccc(-c6cccc(-c7ccc8c(c7)C(c7ccccc7)(c7ccccc7)c7cc9ccccc9cc7-8)c6)cc5c4c3S2)cc1. The van der Waals surface area contributed by atoms with E-state index in [-0.39, 0.29) is 5.37 Å². The van der Waals surface area contributed by atoms with Crippen LogP contribution in [0.3, 0.4) is 0 Å². The summed E-state index contributed by atoms with van der Waals surface area (Å²) >= 11 is 1.93. The van der Waals surface area contributed by atoms with Crippen molar-refractivity contribution in [2.75, 3.05) is 5.32 Å². The van der Waals surface area contributed by atoms with Gasteiger partial charge in [-0.25, -0.2) is 0 Å². The Balaban J connectivity index is 1.01. The lowest BCUT2D eigenvalue weighted by molar-refractivity contribution is 0.770. The smallest absolute Gasteiger partial charge is 0.103 e. The highest BCUT2D eigenvalue weighted by Crippen LogP contribution is 2.58. The van der Waals surface area contributed by atoms with Gasteiger partial charge in [0.2, 0.25) is 0 Å². The van der Waals surface area contributed by atoms with E-state index in [9.17, 15) is 0 Å². The minimum Gasteiger partial charge on any atom is -0.368 e. The summed E-state index contributed by atoms with van der Waals surface area (Å²) in [5.74, 6) is 0. The highest BCUT2D eigenvalue weighted by molar-refractivity contribution is 8.00. The molecule has 272 valence electrons. The van der Waals surface area contributed by atoms with Crippen LogP contribution in [-0.2, 0) is 5.41 Å². The molecule has 10 aromatic rings. The summed E-state index contributed by atoms with van der Waals surface area (Å²) in [6.07, 6.45) is 0. The fourth-order valence-corrected chi connectivity index (χ4v) is 11.1. The van der Waals surface area contributed by atoms with Crippen molar-refractivity contribution in [3.63, 3.8) is 0 Å². The second-order valence-electron chi connectivity index (χ2n) is 15.7. The van der Waals surface area contributed by atoms with Crippen molar-refractivity contribution in [2.45, 2.75) is 15.7 Å². The number of hydrogen-bond acceptors (Lipinski definition) is 2. The maximum absolute atomic E-state index is 3.80. The van der Waals surface area contributed by atoms with E-state index in [1.807, 2.05) is 11.8 Å². The number of thioether (sulfide) groups is 1. The highest BCUT2D eigenvalue weighted by atomic mass is 32.2. The largest absolute Gasteiger partial charge is 0.368 e. The third-order valence-corrected chi connectivity index (χ3v) is 13.8. The molecule has 58 heavy (non-hydrogen) atoms. The monoisotopic (exact) mass is 755 g/mol. The molecule has 1 nitrogen and oxygen atoms in total. The molecule has 1 aliphatic heterocycles. The molecule has 0 aromatic heterocycles. The zero-order chi connectivity index (χ0) is 38.2. The first kappa shape index (κ1) is 33.3. The van der Waals surface area contributed by atoms with Crippen molar-refractivity contribution in [3.8, 4) is 33.4 Å². The lowest BCUT2D eigenvalue weighted by Crippen LogP contribution is -2.28. The molecule has 0 fully saturated rings. The predicted octanol–water partition coefficient (Wildman–Crippen LogP) is 15.1. The van der Waals surface area contributed by atoms with E-state index in [2.05, 4.69) is 218 Å². The van der Waals surface area contributed by atoms with Gasteiger partial charge in [-0.3, -0.25) is 0 Å². The van der Waals surface area contributed by atoms with Crippen LogP contribution in [0.1, 0.15) is 33.2 Å². The van der Waals surface area contributed by atoms with Gasteiger partial charge in [0.1, 0.15) is 5.37 Å². The summed E-state index contributed by atoms with van der Waals surface area (Å²) in [4.78, 5) is 1.33. The summed E-state index contributed by atoms with van der Waals surface area (Å²) in [6.45, 7) is 0. The fourth-order valence-electron chi connectivity index (χ4n) is 9.83. The summed E-state index contributed by atoms with van der Waals surface area (Å²) in [5, 5.41) is 11.7. The number of rotatable bonds is 5. The molecule has 0 saturated heterocycles. The number of hydrogen-bond donors (Lipinski definition) is 1. The highest BCUT2D eigenvalue weighted by Gasteiger charge is 2.46. The van der Waals surface area contributed by atoms with E-state index in [0.29, 0.717) is 0 Å². The molecule has 1 unspecified atom stereocenters. The molecule has 10 aromatic carbocycles. The van der Waals surface area contributed by atoms with Gasteiger partial charge in [0.05, 0.1) is 5.41 Å². The van der Waals surface area contributed by atoms with E-state index in [4.69, 9.17) is 0 Å². The van der Waals surface area contributed by atoms with Crippen LogP contribution in [0.4, 0.5) is 5.69 Å². The first-order valence-corrected chi connectivity index (χ1v) is 21.0. The van der Waals surface area contributed by atoms with Crippen molar-refractivity contribution in [1.82, 2.24) is 0 Å². The molecule has 0 radical (unpaired) electrons. The Kier molecular flexibility index (Phi) is 7.51. The topological polar surface area (TPSA) is 12.0 Å². The maximum Gasteiger partial charge on any atom is 0.103 e. The van der Waals surface area contributed by atoms with Gasteiger partial charge in [-0.1, -0.05) is 188 Å². The van der Waals surface area contributed by atoms with E-state index in [1.165, 1.54) is 104 Å². The molecule has 2 aliphatic rings. The first-order chi connectivity index (χ1) is 28.7. The Labute approximate surface area is 342 Å². The Hall–Kier alpha value is -6.87. The van der Waals surface area contributed by atoms with Crippen molar-refractivity contribution in [1.29, 1.82) is 0 Å². The molecule has 0 spiro atoms. The van der Waals surface area contributed by atoms with Crippen LogP contribution in [0.25, 0.3) is 65.7 Å². The summed E-state index contributed by atoms with van der Waals surface area (Å²) < 4.78 is 0. The molecule has 0 amide bonds. The number of nitrogens with one attached hydrogen (secondary N) is 1. The van der Waals surface area contributed by atoms with Crippen molar-refractivity contribution in [2.24, 2.45) is 0 Å². The Bertz CT molecular complexity index is 3190. The average Bonchev–Trinajstić information content (AvgIpc) is 3.86. The third-order valence-electron chi connectivity index (χ3n) is 12.5. The van der Waals surface area contributed by atoms with E-state index >= 15 is 0 Å². The van der Waals surface area contributed by atoms with Crippen molar-refractivity contribution >= 4 is 49.8 Å². The van der Waals surface area contributed by atoms with Crippen LogP contribution >= 0.6 is 11.8 Å². The van der Waals surface area contributed by atoms with E-state index < -0.39 is 5.41 Å². The summed E-state index contributed by atoms with van der Waals surface area (Å²) in [6, 6.07) is 79.0. The van der Waals surface area contributed by atoms with Gasteiger partial charge in [-0.05, 0) is 125 Å². The number of benzene rings is 10. The van der Waals surface area contributed by atoms with Gasteiger partial charge < -0.3 is 5.32 Å². The Morgan fingerprint density at radius 1 is 0.397 bits per heavy atom. The van der Waals surface area contributed by atoms with Gasteiger partial charge in [-0.15, -0.1) is 0 Å². The zero-order valence-electron chi connectivity index (χ0n) is 31.7. The fraction of sp³-hybridized carbons (Fsp3) is 0.0357. The van der Waals surface area contributed by atoms with Crippen LogP contribution in [0.15, 0.2) is 217 Å². The maximum atomic E-state index is 3.80. The minimum atomic E-state index is -0.475. The van der Waals surface area contributed by atoms with Crippen LogP contribution in [0, 0.1) is 0 Å². The molecule has 0 bridgehead atoms. The molecule has 1 atom stereocenters. The summed E-state index contributed by atoms with van der Waals surface area (Å²) in [5.41, 5.74) is 14.7. The lowest BCUT2D eigenvalue weighted by atomic mass is 9.67. The molecule has 1 aliphatic carbocycles. The first-order valence-electron chi connectivity index (χ1n) is 20.1. The molecular weight excluding hydrogens is 719 g/mol. The molecule has 1 heterocycles. The second-order valence-corrected chi connectivity index (χ2v) is 16.8. The average molecular weight is 756 g/mol. The second kappa shape index (κ2) is 13.1. The van der Waals surface area contributed by atoms with Crippen LogP contribution < -0.4 is 5.32 Å². The van der Waals surface area contributed by atoms with Gasteiger partial charge in [-0.2, -0.15) is 0 Å². The normalized spacial score (nSPS) is 14.9. The third kappa shape index (κ3) is 5.05. The molecular formula is C56H37NS. The van der Waals surface area contributed by atoms with E-state index in [1.54, 1.807) is 0 Å². The number of fused-ring (bicyclic) bond motifs is 9. The van der Waals surface area contributed by atoms with Gasteiger partial charge in [0.25, 0.3) is 0 Å². The Morgan fingerprint density at radius 3 is 1.71 bits per heavy atom. The summed E-state index contributed by atoms with van der Waals surface area (Å²) in [7, 11) is 0. The molecule has 2 heteroatoms. The lowest BCUT2D eigenvalue weighted by Gasteiger charge is -2.34. The molecule has 0 saturated carbocycles.